The molecule has 0 fully saturated rings. The molecule has 1 unspecified atom stereocenters. The van der Waals surface area contributed by atoms with Crippen LogP contribution in [0.2, 0.25) is 0 Å². The maximum atomic E-state index is 12.7. The van der Waals surface area contributed by atoms with Crippen molar-refractivity contribution >= 4 is 11.6 Å². The van der Waals surface area contributed by atoms with Crippen LogP contribution in [-0.2, 0) is 0 Å². The van der Waals surface area contributed by atoms with Gasteiger partial charge in [0.25, 0.3) is 0 Å². The van der Waals surface area contributed by atoms with Crippen molar-refractivity contribution in [3.8, 4) is 0 Å². The second-order valence-corrected chi connectivity index (χ2v) is 2.86. The Morgan fingerprint density at radius 1 is 1.80 bits per heavy atom. The molecule has 0 aliphatic heterocycles. The van der Waals surface area contributed by atoms with E-state index in [1.54, 1.807) is 6.08 Å². The van der Waals surface area contributed by atoms with Crippen molar-refractivity contribution in [3.05, 3.63) is 23.6 Å². The Morgan fingerprint density at radius 2 is 2.50 bits per heavy atom. The van der Waals surface area contributed by atoms with Gasteiger partial charge in [0.1, 0.15) is 5.83 Å². The molecule has 1 rings (SSSR count). The molecule has 0 bridgehead atoms. The van der Waals surface area contributed by atoms with Gasteiger partial charge in [-0.1, -0.05) is 13.0 Å². The number of rotatable bonds is 1. The lowest BCUT2D eigenvalue weighted by atomic mass is 9.98. The lowest BCUT2D eigenvalue weighted by Gasteiger charge is -2.11. The molecule has 1 aliphatic rings. The standard InChI is InChI=1S/C8H10ClF/c1-6-2-3-8(10)7(4-6)5-9/h3-4,6H,2,5H2,1H3. The smallest absolute Gasteiger partial charge is 0.123 e. The van der Waals surface area contributed by atoms with Crippen molar-refractivity contribution in [2.24, 2.45) is 5.92 Å². The summed E-state index contributed by atoms with van der Waals surface area (Å²) in [5.74, 6) is 0.577. The summed E-state index contributed by atoms with van der Waals surface area (Å²) in [6.07, 6.45) is 4.29. The summed E-state index contributed by atoms with van der Waals surface area (Å²) < 4.78 is 12.7. The Labute approximate surface area is 65.4 Å². The van der Waals surface area contributed by atoms with Gasteiger partial charge >= 0.3 is 0 Å². The average Bonchev–Trinajstić information content (AvgIpc) is 1.94. The minimum atomic E-state index is -0.145. The second kappa shape index (κ2) is 3.20. The topological polar surface area (TPSA) is 0 Å². The van der Waals surface area contributed by atoms with Crippen molar-refractivity contribution in [2.45, 2.75) is 13.3 Å². The number of halogens is 2. The third-order valence-electron chi connectivity index (χ3n) is 1.61. The van der Waals surface area contributed by atoms with Gasteiger partial charge in [0, 0.05) is 5.88 Å². The Morgan fingerprint density at radius 3 is 3.00 bits per heavy atom. The molecule has 0 saturated heterocycles. The summed E-state index contributed by atoms with van der Waals surface area (Å²) >= 11 is 5.49. The fourth-order valence-electron chi connectivity index (χ4n) is 1.02. The van der Waals surface area contributed by atoms with Crippen molar-refractivity contribution in [2.75, 3.05) is 5.88 Å². The molecule has 0 nitrogen and oxygen atoms in total. The van der Waals surface area contributed by atoms with Crippen LogP contribution < -0.4 is 0 Å². The molecule has 0 aromatic carbocycles. The molecule has 0 radical (unpaired) electrons. The van der Waals surface area contributed by atoms with E-state index >= 15 is 0 Å². The van der Waals surface area contributed by atoms with Gasteiger partial charge in [0.2, 0.25) is 0 Å². The van der Waals surface area contributed by atoms with Gasteiger partial charge in [-0.25, -0.2) is 4.39 Å². The van der Waals surface area contributed by atoms with E-state index in [1.807, 2.05) is 6.08 Å². The molecule has 0 heterocycles. The van der Waals surface area contributed by atoms with Crippen LogP contribution in [0.15, 0.2) is 23.6 Å². The zero-order valence-electron chi connectivity index (χ0n) is 5.90. The lowest BCUT2D eigenvalue weighted by Crippen LogP contribution is -1.99. The van der Waals surface area contributed by atoms with Gasteiger partial charge in [-0.15, -0.1) is 11.6 Å². The maximum absolute atomic E-state index is 12.7. The van der Waals surface area contributed by atoms with Gasteiger partial charge in [0.05, 0.1) is 0 Å². The highest BCUT2D eigenvalue weighted by Crippen LogP contribution is 2.23. The Balaban J connectivity index is 2.74. The lowest BCUT2D eigenvalue weighted by molar-refractivity contribution is 0.608. The predicted molar refractivity (Wildman–Crippen MR) is 41.8 cm³/mol. The second-order valence-electron chi connectivity index (χ2n) is 2.59. The minimum Gasteiger partial charge on any atom is -0.207 e. The van der Waals surface area contributed by atoms with Crippen molar-refractivity contribution in [1.29, 1.82) is 0 Å². The van der Waals surface area contributed by atoms with E-state index in [9.17, 15) is 4.39 Å². The monoisotopic (exact) mass is 160 g/mol. The molecule has 10 heavy (non-hydrogen) atoms. The van der Waals surface area contributed by atoms with E-state index in [0.717, 1.165) is 6.42 Å². The first-order chi connectivity index (χ1) is 4.74. The van der Waals surface area contributed by atoms with Crippen molar-refractivity contribution in [3.63, 3.8) is 0 Å². The Hall–Kier alpha value is -0.300. The zero-order chi connectivity index (χ0) is 7.56. The van der Waals surface area contributed by atoms with Crippen LogP contribution in [0.3, 0.4) is 0 Å². The summed E-state index contributed by atoms with van der Waals surface area (Å²) in [4.78, 5) is 0. The molecule has 0 spiro atoms. The minimum absolute atomic E-state index is 0.145. The van der Waals surface area contributed by atoms with Crippen molar-refractivity contribution < 1.29 is 4.39 Å². The third kappa shape index (κ3) is 1.60. The molecule has 2 heteroatoms. The summed E-state index contributed by atoms with van der Waals surface area (Å²) in [6, 6.07) is 0. The van der Waals surface area contributed by atoms with Crippen LogP contribution in [0.25, 0.3) is 0 Å². The Bertz CT molecular complexity index is 182. The molecule has 1 aliphatic carbocycles. The largest absolute Gasteiger partial charge is 0.207 e. The van der Waals surface area contributed by atoms with Crippen LogP contribution in [-0.4, -0.2) is 5.88 Å². The van der Waals surface area contributed by atoms with E-state index < -0.39 is 0 Å². The van der Waals surface area contributed by atoms with Gasteiger partial charge in [-0.3, -0.25) is 0 Å². The van der Waals surface area contributed by atoms with E-state index in [1.165, 1.54) is 0 Å². The predicted octanol–water partition coefficient (Wildman–Crippen LogP) is 3.04. The normalized spacial score (nSPS) is 25.7. The van der Waals surface area contributed by atoms with Gasteiger partial charge < -0.3 is 0 Å². The summed E-state index contributed by atoms with van der Waals surface area (Å²) in [5.41, 5.74) is 0.639. The van der Waals surface area contributed by atoms with E-state index in [0.29, 0.717) is 11.5 Å². The summed E-state index contributed by atoms with van der Waals surface area (Å²) in [7, 11) is 0. The van der Waals surface area contributed by atoms with Crippen LogP contribution in [0, 0.1) is 5.92 Å². The van der Waals surface area contributed by atoms with Gasteiger partial charge in [-0.05, 0) is 24.0 Å². The highest BCUT2D eigenvalue weighted by Gasteiger charge is 2.10. The molecule has 0 aromatic heterocycles. The van der Waals surface area contributed by atoms with E-state index in [4.69, 9.17) is 11.6 Å². The molecular formula is C8H10ClF. The van der Waals surface area contributed by atoms with Gasteiger partial charge in [-0.2, -0.15) is 0 Å². The van der Waals surface area contributed by atoms with E-state index in [-0.39, 0.29) is 11.7 Å². The Kier molecular flexibility index (Phi) is 2.50. The van der Waals surface area contributed by atoms with Gasteiger partial charge in [0.15, 0.2) is 0 Å². The summed E-state index contributed by atoms with van der Waals surface area (Å²) in [5, 5.41) is 0. The molecular weight excluding hydrogens is 151 g/mol. The van der Waals surface area contributed by atoms with Crippen LogP contribution in [0.4, 0.5) is 4.39 Å². The SMILES string of the molecule is CC1C=C(CCl)C(F)=CC1. The van der Waals surface area contributed by atoms with Crippen LogP contribution >= 0.6 is 11.6 Å². The quantitative estimate of drug-likeness (QED) is 0.518. The summed E-state index contributed by atoms with van der Waals surface area (Å²) in [6.45, 7) is 2.05. The first kappa shape index (κ1) is 7.80. The molecule has 1 atom stereocenters. The fraction of sp³-hybridized carbons (Fsp3) is 0.500. The highest BCUT2D eigenvalue weighted by atomic mass is 35.5. The number of allylic oxidation sites excluding steroid dienone is 4. The molecule has 0 saturated carbocycles. The van der Waals surface area contributed by atoms with Crippen molar-refractivity contribution in [1.82, 2.24) is 0 Å². The molecule has 0 amide bonds. The third-order valence-corrected chi connectivity index (χ3v) is 1.89. The number of hydrogen-bond donors (Lipinski definition) is 0. The molecule has 0 aromatic rings. The first-order valence-corrected chi connectivity index (χ1v) is 3.90. The highest BCUT2D eigenvalue weighted by molar-refractivity contribution is 6.19. The fourth-order valence-corrected chi connectivity index (χ4v) is 1.24. The zero-order valence-corrected chi connectivity index (χ0v) is 6.66. The molecule has 56 valence electrons. The average molecular weight is 161 g/mol. The van der Waals surface area contributed by atoms with Crippen LogP contribution in [0.5, 0.6) is 0 Å². The molecule has 0 N–H and O–H groups in total. The maximum Gasteiger partial charge on any atom is 0.123 e. The first-order valence-electron chi connectivity index (χ1n) is 3.36. The number of alkyl halides is 1. The number of hydrogen-bond acceptors (Lipinski definition) is 0. The van der Waals surface area contributed by atoms with E-state index in [2.05, 4.69) is 6.92 Å². The van der Waals surface area contributed by atoms with Crippen LogP contribution in [0.1, 0.15) is 13.3 Å².